The molecule has 2 fully saturated rings. The van der Waals surface area contributed by atoms with Crippen LogP contribution < -0.4 is 5.32 Å². The van der Waals surface area contributed by atoms with E-state index < -0.39 is 11.5 Å². The number of carbonyl (C=O) groups is 3. The van der Waals surface area contributed by atoms with E-state index in [1.807, 2.05) is 30.3 Å². The van der Waals surface area contributed by atoms with Crippen LogP contribution in [0.5, 0.6) is 0 Å². The second kappa shape index (κ2) is 8.02. The number of nitrogens with zero attached hydrogens (tertiary/aromatic N) is 3. The summed E-state index contributed by atoms with van der Waals surface area (Å²) in [5, 5.41) is 10.6. The van der Waals surface area contributed by atoms with Crippen molar-refractivity contribution in [3.63, 3.8) is 0 Å². The third-order valence-corrected chi connectivity index (χ3v) is 5.31. The van der Waals surface area contributed by atoms with Crippen LogP contribution in [0.15, 0.2) is 34.7 Å². The van der Waals surface area contributed by atoms with Crippen molar-refractivity contribution in [2.75, 3.05) is 6.54 Å². The lowest BCUT2D eigenvalue weighted by Crippen LogP contribution is -2.44. The minimum atomic E-state index is -0.716. The maximum absolute atomic E-state index is 12.5. The zero-order valence-corrected chi connectivity index (χ0v) is 15.9. The fourth-order valence-electron chi connectivity index (χ4n) is 3.80. The highest BCUT2D eigenvalue weighted by atomic mass is 16.5. The highest BCUT2D eigenvalue weighted by molar-refractivity contribution is 6.07. The van der Waals surface area contributed by atoms with Crippen molar-refractivity contribution in [2.45, 2.75) is 50.7 Å². The fourth-order valence-corrected chi connectivity index (χ4v) is 3.80. The number of carbonyl (C=O) groups excluding carboxylic acids is 3. The lowest BCUT2D eigenvalue weighted by Gasteiger charge is -2.19. The molecule has 1 aromatic carbocycles. The molecule has 1 spiro atoms. The summed E-state index contributed by atoms with van der Waals surface area (Å²) >= 11 is 0. The van der Waals surface area contributed by atoms with Gasteiger partial charge in [-0.05, 0) is 31.4 Å². The number of urea groups is 1. The van der Waals surface area contributed by atoms with E-state index in [-0.39, 0.29) is 37.4 Å². The van der Waals surface area contributed by atoms with Gasteiger partial charge in [0.1, 0.15) is 5.54 Å². The van der Waals surface area contributed by atoms with Crippen LogP contribution in [0, 0.1) is 0 Å². The van der Waals surface area contributed by atoms with Gasteiger partial charge in [-0.1, -0.05) is 31.0 Å². The average Bonchev–Trinajstić information content (AvgIpc) is 3.44. The van der Waals surface area contributed by atoms with E-state index >= 15 is 0 Å². The predicted molar refractivity (Wildman–Crippen MR) is 100 cm³/mol. The normalized spacial score (nSPS) is 17.7. The fraction of sp³-hybridized carbons (Fsp3) is 0.450. The van der Waals surface area contributed by atoms with E-state index in [0.717, 1.165) is 18.4 Å². The van der Waals surface area contributed by atoms with E-state index in [0.29, 0.717) is 25.2 Å². The Hall–Kier alpha value is -3.23. The van der Waals surface area contributed by atoms with Gasteiger partial charge in [0.2, 0.25) is 5.89 Å². The summed E-state index contributed by atoms with van der Waals surface area (Å²) in [5.74, 6) is -0.0645. The molecule has 2 aromatic rings. The summed E-state index contributed by atoms with van der Waals surface area (Å²) in [5.41, 5.74) is 0.0672. The quantitative estimate of drug-likeness (QED) is 0.563. The molecule has 9 nitrogen and oxygen atoms in total. The minimum Gasteiger partial charge on any atom is -0.456 e. The summed E-state index contributed by atoms with van der Waals surface area (Å²) in [7, 11) is 0. The Labute approximate surface area is 167 Å². The molecule has 0 unspecified atom stereocenters. The zero-order valence-electron chi connectivity index (χ0n) is 15.9. The van der Waals surface area contributed by atoms with E-state index in [1.165, 1.54) is 4.90 Å². The van der Waals surface area contributed by atoms with Crippen molar-refractivity contribution in [1.82, 2.24) is 20.4 Å². The smallest absolute Gasteiger partial charge is 0.325 e. The summed E-state index contributed by atoms with van der Waals surface area (Å²) in [6.45, 7) is 0.0745. The molecule has 3 amide bonds. The van der Waals surface area contributed by atoms with E-state index in [2.05, 4.69) is 15.5 Å². The third kappa shape index (κ3) is 3.98. The molecule has 2 aliphatic rings. The molecular formula is C20H22N4O5. The largest absolute Gasteiger partial charge is 0.456 e. The van der Waals surface area contributed by atoms with Crippen LogP contribution in [0.25, 0.3) is 11.5 Å². The molecule has 0 atom stereocenters. The first-order chi connectivity index (χ1) is 14.1. The summed E-state index contributed by atoms with van der Waals surface area (Å²) in [4.78, 5) is 37.8. The lowest BCUT2D eigenvalue weighted by molar-refractivity contribution is -0.146. The second-order valence-corrected chi connectivity index (χ2v) is 7.31. The Kier molecular flexibility index (Phi) is 5.28. The average molecular weight is 398 g/mol. The van der Waals surface area contributed by atoms with Gasteiger partial charge in [-0.25, -0.2) is 4.79 Å². The van der Waals surface area contributed by atoms with Crippen molar-refractivity contribution < 1.29 is 23.5 Å². The van der Waals surface area contributed by atoms with Crippen LogP contribution in [-0.4, -0.2) is 45.1 Å². The maximum atomic E-state index is 12.5. The number of esters is 1. The van der Waals surface area contributed by atoms with Gasteiger partial charge in [-0.15, -0.1) is 10.2 Å². The highest BCUT2D eigenvalue weighted by Gasteiger charge is 2.52. The van der Waals surface area contributed by atoms with Crippen LogP contribution in [-0.2, 0) is 20.9 Å². The van der Waals surface area contributed by atoms with E-state index in [9.17, 15) is 14.4 Å². The number of nitrogens with one attached hydrogen (secondary N) is 1. The van der Waals surface area contributed by atoms with Crippen LogP contribution in [0.1, 0.15) is 44.4 Å². The molecule has 1 saturated carbocycles. The number of aromatic nitrogens is 2. The SMILES string of the molecule is O=C(CCCN1C(=O)NC2(CCCC2)C1=O)OCc1nnc(-c2ccccc2)o1. The van der Waals surface area contributed by atoms with E-state index in [4.69, 9.17) is 9.15 Å². The molecule has 1 aliphatic heterocycles. The number of imide groups is 1. The Bertz CT molecular complexity index is 905. The maximum Gasteiger partial charge on any atom is 0.325 e. The van der Waals surface area contributed by atoms with Crippen molar-refractivity contribution in [2.24, 2.45) is 0 Å². The van der Waals surface area contributed by atoms with Crippen molar-refractivity contribution >= 4 is 17.9 Å². The Morgan fingerprint density at radius 3 is 2.69 bits per heavy atom. The van der Waals surface area contributed by atoms with Crippen LogP contribution >= 0.6 is 0 Å². The topological polar surface area (TPSA) is 115 Å². The monoisotopic (exact) mass is 398 g/mol. The standard InChI is InChI=1S/C20H22N4O5/c25-16(28-13-15-22-23-17(29-15)14-7-2-1-3-8-14)9-6-12-24-18(26)20(21-19(24)27)10-4-5-11-20/h1-3,7-8H,4-6,9-13H2,(H,21,27). The number of amides is 3. The number of benzene rings is 1. The van der Waals surface area contributed by atoms with E-state index in [1.54, 1.807) is 0 Å². The van der Waals surface area contributed by atoms with Gasteiger partial charge in [-0.3, -0.25) is 14.5 Å². The molecule has 1 N–H and O–H groups in total. The van der Waals surface area contributed by atoms with Crippen molar-refractivity contribution in [1.29, 1.82) is 0 Å². The first kappa shape index (κ1) is 19.1. The summed E-state index contributed by atoms with van der Waals surface area (Å²) in [6.07, 6.45) is 3.68. The Balaban J connectivity index is 1.21. The number of rotatable bonds is 7. The molecule has 152 valence electrons. The molecule has 2 heterocycles. The highest BCUT2D eigenvalue weighted by Crippen LogP contribution is 2.35. The number of hydrogen-bond acceptors (Lipinski definition) is 7. The molecule has 1 aromatic heterocycles. The molecule has 0 radical (unpaired) electrons. The molecule has 1 aliphatic carbocycles. The predicted octanol–water partition coefficient (Wildman–Crippen LogP) is 2.42. The van der Waals surface area contributed by atoms with Crippen molar-refractivity contribution in [3.05, 3.63) is 36.2 Å². The van der Waals surface area contributed by atoms with Gasteiger partial charge >= 0.3 is 12.0 Å². The van der Waals surface area contributed by atoms with Gasteiger partial charge < -0.3 is 14.5 Å². The van der Waals surface area contributed by atoms with Crippen LogP contribution in [0.2, 0.25) is 0 Å². The van der Waals surface area contributed by atoms with Crippen LogP contribution in [0.4, 0.5) is 4.79 Å². The molecular weight excluding hydrogens is 376 g/mol. The molecule has 1 saturated heterocycles. The van der Waals surface area contributed by atoms with Gasteiger partial charge in [0, 0.05) is 18.5 Å². The second-order valence-electron chi connectivity index (χ2n) is 7.31. The van der Waals surface area contributed by atoms with Gasteiger partial charge in [0.15, 0.2) is 6.61 Å². The summed E-state index contributed by atoms with van der Waals surface area (Å²) in [6, 6.07) is 8.92. The number of hydrogen-bond donors (Lipinski definition) is 1. The molecule has 4 rings (SSSR count). The Morgan fingerprint density at radius 1 is 1.17 bits per heavy atom. The first-order valence-corrected chi connectivity index (χ1v) is 9.75. The summed E-state index contributed by atoms with van der Waals surface area (Å²) < 4.78 is 10.6. The zero-order chi connectivity index (χ0) is 20.3. The van der Waals surface area contributed by atoms with Crippen LogP contribution in [0.3, 0.4) is 0 Å². The molecule has 0 bridgehead atoms. The van der Waals surface area contributed by atoms with Gasteiger partial charge in [-0.2, -0.15) is 0 Å². The Morgan fingerprint density at radius 2 is 1.93 bits per heavy atom. The third-order valence-electron chi connectivity index (χ3n) is 5.31. The number of ether oxygens (including phenoxy) is 1. The van der Waals surface area contributed by atoms with Gasteiger partial charge in [0.25, 0.3) is 11.8 Å². The molecule has 29 heavy (non-hydrogen) atoms. The van der Waals surface area contributed by atoms with Gasteiger partial charge in [0.05, 0.1) is 0 Å². The molecule has 9 heteroatoms. The first-order valence-electron chi connectivity index (χ1n) is 9.75. The lowest BCUT2D eigenvalue weighted by atomic mass is 9.98. The minimum absolute atomic E-state index is 0.0870. The van der Waals surface area contributed by atoms with Crippen molar-refractivity contribution in [3.8, 4) is 11.5 Å².